The largest absolute Gasteiger partial charge is 0.425 e. The first kappa shape index (κ1) is 16.5. The Labute approximate surface area is 153 Å². The van der Waals surface area contributed by atoms with E-state index in [1.54, 1.807) is 0 Å². The van der Waals surface area contributed by atoms with Gasteiger partial charge in [-0.1, -0.05) is 18.2 Å². The number of rotatable bonds is 3. The SMILES string of the molecule is Cc1ccccc1Oc1nc2c(C)csc2c(=O)n1-c1ccc(F)cc1. The van der Waals surface area contributed by atoms with Crippen molar-refractivity contribution in [3.05, 3.63) is 81.2 Å². The molecule has 130 valence electrons. The number of para-hydroxylation sites is 1. The first-order valence-electron chi connectivity index (χ1n) is 8.05. The summed E-state index contributed by atoms with van der Waals surface area (Å²) in [6.07, 6.45) is 0. The van der Waals surface area contributed by atoms with Crippen LogP contribution in [-0.4, -0.2) is 9.55 Å². The van der Waals surface area contributed by atoms with Crippen LogP contribution in [0.5, 0.6) is 11.8 Å². The maximum atomic E-state index is 13.3. The fraction of sp³-hybridized carbons (Fsp3) is 0.100. The lowest BCUT2D eigenvalue weighted by molar-refractivity contribution is 0.424. The minimum Gasteiger partial charge on any atom is -0.425 e. The van der Waals surface area contributed by atoms with Crippen molar-refractivity contribution in [1.29, 1.82) is 0 Å². The van der Waals surface area contributed by atoms with Crippen LogP contribution in [0, 0.1) is 19.7 Å². The van der Waals surface area contributed by atoms with Gasteiger partial charge in [-0.3, -0.25) is 4.79 Å². The van der Waals surface area contributed by atoms with Gasteiger partial charge in [-0.2, -0.15) is 4.98 Å². The van der Waals surface area contributed by atoms with E-state index in [0.717, 1.165) is 11.1 Å². The Morgan fingerprint density at radius 2 is 1.77 bits per heavy atom. The molecule has 6 heteroatoms. The number of ether oxygens (including phenoxy) is 1. The number of halogens is 1. The highest BCUT2D eigenvalue weighted by atomic mass is 32.1. The second-order valence-electron chi connectivity index (χ2n) is 5.98. The van der Waals surface area contributed by atoms with Crippen LogP contribution >= 0.6 is 11.3 Å². The normalized spacial score (nSPS) is 11.0. The minimum atomic E-state index is -0.371. The topological polar surface area (TPSA) is 44.1 Å². The van der Waals surface area contributed by atoms with Gasteiger partial charge in [-0.25, -0.2) is 8.96 Å². The Morgan fingerprint density at radius 3 is 2.50 bits per heavy atom. The Morgan fingerprint density at radius 1 is 1.04 bits per heavy atom. The standard InChI is InChI=1S/C20H15FN2O2S/c1-12-5-3-4-6-16(12)25-20-22-17-13(2)11-26-18(17)19(24)23(20)15-9-7-14(21)8-10-15/h3-11H,1-2H3. The van der Waals surface area contributed by atoms with Crippen molar-refractivity contribution in [3.8, 4) is 17.4 Å². The van der Waals surface area contributed by atoms with Crippen LogP contribution in [0.25, 0.3) is 15.9 Å². The van der Waals surface area contributed by atoms with Gasteiger partial charge in [0.05, 0.1) is 11.2 Å². The maximum Gasteiger partial charge on any atom is 0.310 e. The van der Waals surface area contributed by atoms with Gasteiger partial charge >= 0.3 is 6.01 Å². The van der Waals surface area contributed by atoms with Crippen molar-refractivity contribution in [1.82, 2.24) is 9.55 Å². The van der Waals surface area contributed by atoms with Crippen molar-refractivity contribution in [2.45, 2.75) is 13.8 Å². The third kappa shape index (κ3) is 2.78. The van der Waals surface area contributed by atoms with Gasteiger partial charge in [-0.15, -0.1) is 11.3 Å². The summed E-state index contributed by atoms with van der Waals surface area (Å²) in [5, 5.41) is 1.89. The summed E-state index contributed by atoms with van der Waals surface area (Å²) in [4.78, 5) is 17.7. The van der Waals surface area contributed by atoms with Crippen molar-refractivity contribution < 1.29 is 9.13 Å². The number of nitrogens with zero attached hydrogens (tertiary/aromatic N) is 2. The summed E-state index contributed by atoms with van der Waals surface area (Å²) in [5.74, 6) is 0.242. The molecule has 0 bridgehead atoms. The average Bonchev–Trinajstić information content (AvgIpc) is 3.00. The third-order valence-electron chi connectivity index (χ3n) is 4.12. The summed E-state index contributed by atoms with van der Waals surface area (Å²) in [7, 11) is 0. The highest BCUT2D eigenvalue weighted by molar-refractivity contribution is 7.17. The minimum absolute atomic E-state index is 0.157. The van der Waals surface area contributed by atoms with E-state index in [0.29, 0.717) is 21.7 Å². The van der Waals surface area contributed by atoms with E-state index in [1.165, 1.54) is 40.2 Å². The zero-order valence-corrected chi connectivity index (χ0v) is 15.0. The van der Waals surface area contributed by atoms with Gasteiger partial charge in [0.2, 0.25) is 0 Å². The van der Waals surface area contributed by atoms with Crippen LogP contribution in [0.2, 0.25) is 0 Å². The molecule has 2 heterocycles. The Kier molecular flexibility index (Phi) is 4.05. The fourth-order valence-corrected chi connectivity index (χ4v) is 3.63. The third-order valence-corrected chi connectivity index (χ3v) is 5.19. The molecule has 2 aromatic heterocycles. The molecule has 0 saturated heterocycles. The van der Waals surface area contributed by atoms with Gasteiger partial charge in [-0.05, 0) is 60.7 Å². The van der Waals surface area contributed by atoms with Crippen molar-refractivity contribution in [3.63, 3.8) is 0 Å². The molecule has 26 heavy (non-hydrogen) atoms. The molecule has 0 atom stereocenters. The lowest BCUT2D eigenvalue weighted by Crippen LogP contribution is -2.20. The molecule has 0 aliphatic carbocycles. The van der Waals surface area contributed by atoms with Crippen LogP contribution in [0.1, 0.15) is 11.1 Å². The van der Waals surface area contributed by atoms with E-state index < -0.39 is 0 Å². The second kappa shape index (κ2) is 6.38. The van der Waals surface area contributed by atoms with Gasteiger partial charge in [0.15, 0.2) is 0 Å². The van der Waals surface area contributed by atoms with Crippen LogP contribution in [-0.2, 0) is 0 Å². The molecule has 0 amide bonds. The Hall–Kier alpha value is -2.99. The Balaban J connectivity index is 1.98. The van der Waals surface area contributed by atoms with Gasteiger partial charge in [0.1, 0.15) is 16.3 Å². The molecule has 0 aliphatic heterocycles. The number of hydrogen-bond acceptors (Lipinski definition) is 4. The summed E-state index contributed by atoms with van der Waals surface area (Å²) < 4.78 is 21.3. The summed E-state index contributed by atoms with van der Waals surface area (Å²) in [6.45, 7) is 3.83. The number of thiophene rings is 1. The summed E-state index contributed by atoms with van der Waals surface area (Å²) in [5.41, 5.74) is 2.74. The maximum absolute atomic E-state index is 13.3. The van der Waals surface area contributed by atoms with Crippen LogP contribution in [0.4, 0.5) is 4.39 Å². The lowest BCUT2D eigenvalue weighted by Gasteiger charge is -2.14. The van der Waals surface area contributed by atoms with E-state index in [9.17, 15) is 9.18 Å². The first-order chi connectivity index (χ1) is 12.5. The molecule has 0 N–H and O–H groups in total. The van der Waals surface area contributed by atoms with Crippen LogP contribution in [0.3, 0.4) is 0 Å². The second-order valence-corrected chi connectivity index (χ2v) is 6.86. The number of aryl methyl sites for hydroxylation is 2. The molecule has 0 aliphatic rings. The zero-order valence-electron chi connectivity index (χ0n) is 14.2. The molecule has 0 spiro atoms. The molecule has 4 nitrogen and oxygen atoms in total. The van der Waals surface area contributed by atoms with E-state index >= 15 is 0 Å². The number of aromatic nitrogens is 2. The molecular formula is C20H15FN2O2S. The van der Waals surface area contributed by atoms with Crippen molar-refractivity contribution >= 4 is 21.6 Å². The summed E-state index contributed by atoms with van der Waals surface area (Å²) in [6, 6.07) is 13.4. The molecule has 0 radical (unpaired) electrons. The highest BCUT2D eigenvalue weighted by Crippen LogP contribution is 2.28. The monoisotopic (exact) mass is 366 g/mol. The molecule has 2 aromatic carbocycles. The quantitative estimate of drug-likeness (QED) is 0.513. The highest BCUT2D eigenvalue weighted by Gasteiger charge is 2.18. The van der Waals surface area contributed by atoms with Crippen molar-refractivity contribution in [2.75, 3.05) is 0 Å². The van der Waals surface area contributed by atoms with Crippen LogP contribution < -0.4 is 10.3 Å². The van der Waals surface area contributed by atoms with Gasteiger partial charge < -0.3 is 4.74 Å². The van der Waals surface area contributed by atoms with Gasteiger partial charge in [0.25, 0.3) is 5.56 Å². The fourth-order valence-electron chi connectivity index (χ4n) is 2.72. The van der Waals surface area contributed by atoms with E-state index in [-0.39, 0.29) is 17.4 Å². The molecular weight excluding hydrogens is 351 g/mol. The predicted molar refractivity (Wildman–Crippen MR) is 101 cm³/mol. The molecule has 0 unspecified atom stereocenters. The molecule has 4 rings (SSSR count). The molecule has 0 fully saturated rings. The summed E-state index contributed by atoms with van der Waals surface area (Å²) >= 11 is 1.35. The van der Waals surface area contributed by atoms with E-state index in [1.807, 2.05) is 43.5 Å². The number of fused-ring (bicyclic) bond motifs is 1. The van der Waals surface area contributed by atoms with Crippen LogP contribution in [0.15, 0.2) is 58.7 Å². The average molecular weight is 366 g/mol. The molecule has 0 saturated carbocycles. The zero-order chi connectivity index (χ0) is 18.3. The Bertz CT molecular complexity index is 1160. The molecule has 4 aromatic rings. The number of benzene rings is 2. The smallest absolute Gasteiger partial charge is 0.310 e. The first-order valence-corrected chi connectivity index (χ1v) is 8.93. The van der Waals surface area contributed by atoms with E-state index in [4.69, 9.17) is 4.74 Å². The van der Waals surface area contributed by atoms with Crippen molar-refractivity contribution in [2.24, 2.45) is 0 Å². The van der Waals surface area contributed by atoms with Gasteiger partial charge in [0, 0.05) is 0 Å². The predicted octanol–water partition coefficient (Wildman–Crippen LogP) is 5.00. The van der Waals surface area contributed by atoms with E-state index in [2.05, 4.69) is 4.98 Å². The lowest BCUT2D eigenvalue weighted by atomic mass is 10.2. The number of hydrogen-bond donors (Lipinski definition) is 0.